The van der Waals surface area contributed by atoms with Crippen molar-refractivity contribution >= 4 is 23.3 Å². The summed E-state index contributed by atoms with van der Waals surface area (Å²) in [6.45, 7) is 3.60. The number of imide groups is 1. The van der Waals surface area contributed by atoms with Gasteiger partial charge in [-0.15, -0.1) is 5.06 Å². The number of ketones is 1. The van der Waals surface area contributed by atoms with Crippen LogP contribution >= 0.6 is 0 Å². The first-order valence-corrected chi connectivity index (χ1v) is 12.6. The van der Waals surface area contributed by atoms with Crippen LogP contribution in [0, 0.1) is 5.82 Å². The van der Waals surface area contributed by atoms with Gasteiger partial charge < -0.3 is 9.57 Å². The van der Waals surface area contributed by atoms with Crippen LogP contribution in [0.25, 0.3) is 0 Å². The van der Waals surface area contributed by atoms with Crippen molar-refractivity contribution in [3.8, 4) is 5.75 Å². The number of amides is 2. The molecule has 0 unspecified atom stereocenters. The number of Topliss-reactive ketones (excluding diaryl/α,β-unsaturated/α-hetero) is 1. The first kappa shape index (κ1) is 29.1. The van der Waals surface area contributed by atoms with Crippen LogP contribution in [0.4, 0.5) is 4.39 Å². The minimum absolute atomic E-state index is 0.0509. The number of halogens is 1. The Bertz CT molecular complexity index is 1640. The van der Waals surface area contributed by atoms with Crippen LogP contribution < -0.4 is 16.0 Å². The van der Waals surface area contributed by atoms with E-state index in [9.17, 15) is 28.4 Å². The quantitative estimate of drug-likeness (QED) is 0.149. The predicted octanol–water partition coefficient (Wildman–Crippen LogP) is 2.42. The minimum atomic E-state index is -0.883. The van der Waals surface area contributed by atoms with Gasteiger partial charge in [0, 0.05) is 6.20 Å². The number of hydrogen-bond acceptors (Lipinski definition) is 9. The summed E-state index contributed by atoms with van der Waals surface area (Å²) in [7, 11) is 1.32. The SMILES string of the molecule is COc1ccc(F)cc1C(=O)Cn1cc(/C(C)=N/OC(C)C)c(=O)n(CCON2C(=O)c3ccccc3C2=O)c1=O. The Balaban J connectivity index is 1.66. The summed E-state index contributed by atoms with van der Waals surface area (Å²) >= 11 is 0. The molecule has 0 spiro atoms. The van der Waals surface area contributed by atoms with Gasteiger partial charge in [0.25, 0.3) is 17.4 Å². The molecule has 0 radical (unpaired) electrons. The highest BCUT2D eigenvalue weighted by atomic mass is 19.1. The number of carbonyl (C=O) groups excluding carboxylic acids is 3. The third kappa shape index (κ3) is 5.99. The number of carbonyl (C=O) groups is 3. The Morgan fingerprint density at radius 1 is 1.00 bits per heavy atom. The fraction of sp³-hybridized carbons (Fsp3) is 0.286. The van der Waals surface area contributed by atoms with Crippen LogP contribution in [-0.2, 0) is 22.8 Å². The van der Waals surface area contributed by atoms with Crippen molar-refractivity contribution in [1.29, 1.82) is 0 Å². The second-order valence-electron chi connectivity index (χ2n) is 9.29. The van der Waals surface area contributed by atoms with Crippen LogP contribution in [0.15, 0.2) is 63.4 Å². The van der Waals surface area contributed by atoms with Gasteiger partial charge in [-0.25, -0.2) is 9.18 Å². The molecule has 0 aliphatic carbocycles. The average Bonchev–Trinajstić information content (AvgIpc) is 3.19. The number of methoxy groups -OCH3 is 1. The lowest BCUT2D eigenvalue weighted by atomic mass is 10.1. The zero-order chi connectivity index (χ0) is 29.8. The summed E-state index contributed by atoms with van der Waals surface area (Å²) < 4.78 is 20.8. The molecule has 0 fully saturated rings. The first-order chi connectivity index (χ1) is 19.5. The van der Waals surface area contributed by atoms with Crippen molar-refractivity contribution in [2.75, 3.05) is 13.7 Å². The van der Waals surface area contributed by atoms with Crippen LogP contribution in [0.2, 0.25) is 0 Å². The van der Waals surface area contributed by atoms with Gasteiger partial charge in [0.2, 0.25) is 0 Å². The first-order valence-electron chi connectivity index (χ1n) is 12.6. The standard InChI is InChI=1S/C28H27FN4O8/c1-16(2)41-30-17(3)22-14-31(15-23(34)21-13-18(29)9-10-24(21)39-4)28(38)32(25(22)35)11-12-40-33-26(36)19-7-5-6-8-20(19)27(33)37/h5-10,13-14,16H,11-12,15H2,1-4H3/b30-17+. The van der Waals surface area contributed by atoms with E-state index in [-0.39, 0.29) is 46.4 Å². The molecule has 0 atom stereocenters. The summed E-state index contributed by atoms with van der Waals surface area (Å²) in [5, 5.41) is 4.50. The fourth-order valence-electron chi connectivity index (χ4n) is 4.09. The Morgan fingerprint density at radius 3 is 2.27 bits per heavy atom. The van der Waals surface area contributed by atoms with Crippen molar-refractivity contribution < 1.29 is 33.2 Å². The molecule has 2 amide bonds. The Morgan fingerprint density at radius 2 is 1.66 bits per heavy atom. The van der Waals surface area contributed by atoms with Gasteiger partial charge >= 0.3 is 5.69 Å². The normalized spacial score (nSPS) is 13.1. The molecule has 0 saturated carbocycles. The van der Waals surface area contributed by atoms with Crippen molar-refractivity contribution in [1.82, 2.24) is 14.2 Å². The van der Waals surface area contributed by atoms with Gasteiger partial charge in [-0.05, 0) is 51.1 Å². The topological polar surface area (TPSA) is 138 Å². The van der Waals surface area contributed by atoms with Crippen LogP contribution in [0.5, 0.6) is 5.75 Å². The molecule has 1 aromatic heterocycles. The maximum absolute atomic E-state index is 13.9. The maximum Gasteiger partial charge on any atom is 0.331 e. The van der Waals surface area contributed by atoms with Gasteiger partial charge in [-0.3, -0.25) is 33.1 Å². The van der Waals surface area contributed by atoms with E-state index in [1.165, 1.54) is 38.4 Å². The molecule has 4 rings (SSSR count). The number of nitrogens with zero attached hydrogens (tertiary/aromatic N) is 4. The molecule has 2 heterocycles. The van der Waals surface area contributed by atoms with Gasteiger partial charge in [0.05, 0.1) is 54.8 Å². The van der Waals surface area contributed by atoms with E-state index in [1.807, 2.05) is 0 Å². The smallest absolute Gasteiger partial charge is 0.331 e. The largest absolute Gasteiger partial charge is 0.496 e. The highest BCUT2D eigenvalue weighted by Gasteiger charge is 2.36. The molecule has 0 N–H and O–H groups in total. The summed E-state index contributed by atoms with van der Waals surface area (Å²) in [4.78, 5) is 75.6. The van der Waals surface area contributed by atoms with Gasteiger partial charge in [0.1, 0.15) is 17.7 Å². The molecule has 41 heavy (non-hydrogen) atoms. The Labute approximate surface area is 233 Å². The van der Waals surface area contributed by atoms with E-state index in [1.54, 1.807) is 26.0 Å². The average molecular weight is 567 g/mol. The molecule has 0 bridgehead atoms. The molecular formula is C28H27FN4O8. The minimum Gasteiger partial charge on any atom is -0.496 e. The van der Waals surface area contributed by atoms with E-state index in [0.717, 1.165) is 21.3 Å². The molecule has 12 nitrogen and oxygen atoms in total. The summed E-state index contributed by atoms with van der Waals surface area (Å²) in [6.07, 6.45) is 0.867. The second kappa shape index (κ2) is 12.1. The lowest BCUT2D eigenvalue weighted by Gasteiger charge is -2.16. The molecule has 1 aliphatic heterocycles. The number of oxime groups is 1. The fourth-order valence-corrected chi connectivity index (χ4v) is 4.09. The van der Waals surface area contributed by atoms with E-state index >= 15 is 0 Å². The van der Waals surface area contributed by atoms with Crippen LogP contribution in [0.3, 0.4) is 0 Å². The molecule has 2 aromatic carbocycles. The van der Waals surface area contributed by atoms with E-state index in [4.69, 9.17) is 14.4 Å². The van der Waals surface area contributed by atoms with Crippen LogP contribution in [0.1, 0.15) is 57.4 Å². The molecule has 13 heteroatoms. The summed E-state index contributed by atoms with van der Waals surface area (Å²) in [6, 6.07) is 9.58. The summed E-state index contributed by atoms with van der Waals surface area (Å²) in [5.74, 6) is -2.57. The number of aromatic nitrogens is 2. The molecule has 1 aliphatic rings. The maximum atomic E-state index is 13.9. The zero-order valence-electron chi connectivity index (χ0n) is 22.8. The highest BCUT2D eigenvalue weighted by molar-refractivity contribution is 6.20. The van der Waals surface area contributed by atoms with Gasteiger partial charge in [-0.2, -0.15) is 0 Å². The van der Waals surface area contributed by atoms with Crippen molar-refractivity contribution in [2.45, 2.75) is 40.0 Å². The highest BCUT2D eigenvalue weighted by Crippen LogP contribution is 2.23. The van der Waals surface area contributed by atoms with Crippen molar-refractivity contribution in [3.05, 3.63) is 97.6 Å². The molecular weight excluding hydrogens is 539 g/mol. The summed E-state index contributed by atoms with van der Waals surface area (Å²) in [5.41, 5.74) is -1.33. The van der Waals surface area contributed by atoms with E-state index in [0.29, 0.717) is 5.06 Å². The number of ether oxygens (including phenoxy) is 1. The van der Waals surface area contributed by atoms with Gasteiger partial charge in [-0.1, -0.05) is 17.3 Å². The third-order valence-electron chi connectivity index (χ3n) is 6.10. The van der Waals surface area contributed by atoms with Crippen molar-refractivity contribution in [2.24, 2.45) is 5.16 Å². The number of fused-ring (bicyclic) bond motifs is 1. The number of hydrogen-bond donors (Lipinski definition) is 0. The van der Waals surface area contributed by atoms with Gasteiger partial charge in [0.15, 0.2) is 5.78 Å². The second-order valence-corrected chi connectivity index (χ2v) is 9.29. The molecule has 214 valence electrons. The number of benzene rings is 2. The molecule has 3 aromatic rings. The Kier molecular flexibility index (Phi) is 8.57. The van der Waals surface area contributed by atoms with E-state index < -0.39 is 47.8 Å². The molecule has 0 saturated heterocycles. The predicted molar refractivity (Wildman–Crippen MR) is 144 cm³/mol. The number of hydroxylamine groups is 2. The monoisotopic (exact) mass is 566 g/mol. The van der Waals surface area contributed by atoms with Crippen molar-refractivity contribution in [3.63, 3.8) is 0 Å². The lowest BCUT2D eigenvalue weighted by Crippen LogP contribution is -2.44. The lowest BCUT2D eigenvalue weighted by molar-refractivity contribution is -0.0939. The van der Waals surface area contributed by atoms with Crippen LogP contribution in [-0.4, -0.2) is 57.3 Å². The number of rotatable bonds is 11. The van der Waals surface area contributed by atoms with E-state index in [2.05, 4.69) is 5.16 Å². The third-order valence-corrected chi connectivity index (χ3v) is 6.10. The zero-order valence-corrected chi connectivity index (χ0v) is 22.8. The Hall–Kier alpha value is -4.91.